The predicted molar refractivity (Wildman–Crippen MR) is 96.9 cm³/mol. The van der Waals surface area contributed by atoms with Crippen molar-refractivity contribution in [1.82, 2.24) is 5.32 Å². The Kier molecular flexibility index (Phi) is 6.23. The number of guanidine groups is 1. The van der Waals surface area contributed by atoms with Crippen LogP contribution in [-0.2, 0) is 11.3 Å². The zero-order valence-corrected chi connectivity index (χ0v) is 15.0. The van der Waals surface area contributed by atoms with Gasteiger partial charge in [0.15, 0.2) is 5.96 Å². The molecule has 0 amide bonds. The molecule has 1 aliphatic carbocycles. The third kappa shape index (κ3) is 6.22. The first-order valence-electron chi connectivity index (χ1n) is 8.72. The zero-order chi connectivity index (χ0) is 17.6. The van der Waals surface area contributed by atoms with E-state index in [1.807, 2.05) is 39.0 Å². The second kappa shape index (κ2) is 8.18. The summed E-state index contributed by atoms with van der Waals surface area (Å²) in [4.78, 5) is 16.5. The number of ether oxygens (including phenoxy) is 1. The van der Waals surface area contributed by atoms with Crippen LogP contribution >= 0.6 is 0 Å². The van der Waals surface area contributed by atoms with Crippen molar-refractivity contribution in [3.8, 4) is 0 Å². The first-order chi connectivity index (χ1) is 11.3. The normalized spacial score (nSPS) is 16.7. The van der Waals surface area contributed by atoms with Crippen LogP contribution in [0.15, 0.2) is 29.3 Å². The lowest BCUT2D eigenvalue weighted by atomic mass is 9.96. The van der Waals surface area contributed by atoms with E-state index in [4.69, 9.17) is 10.5 Å². The van der Waals surface area contributed by atoms with Crippen molar-refractivity contribution in [2.45, 2.75) is 71.1 Å². The van der Waals surface area contributed by atoms with Crippen molar-refractivity contribution in [2.24, 2.45) is 10.7 Å². The van der Waals surface area contributed by atoms with Gasteiger partial charge in [-0.15, -0.1) is 0 Å². The molecule has 5 nitrogen and oxygen atoms in total. The second-order valence-corrected chi connectivity index (χ2v) is 7.38. The smallest absolute Gasteiger partial charge is 0.338 e. The summed E-state index contributed by atoms with van der Waals surface area (Å²) in [5, 5.41) is 3.29. The molecule has 1 aromatic carbocycles. The summed E-state index contributed by atoms with van der Waals surface area (Å²) in [6.45, 7) is 6.02. The van der Waals surface area contributed by atoms with E-state index in [9.17, 15) is 4.79 Å². The Labute approximate surface area is 144 Å². The first-order valence-corrected chi connectivity index (χ1v) is 8.72. The van der Waals surface area contributed by atoms with Crippen LogP contribution < -0.4 is 11.1 Å². The molecule has 2 rings (SSSR count). The molecular weight excluding hydrogens is 302 g/mol. The van der Waals surface area contributed by atoms with Gasteiger partial charge in [-0.25, -0.2) is 9.79 Å². The fourth-order valence-corrected chi connectivity index (χ4v) is 2.81. The van der Waals surface area contributed by atoms with Gasteiger partial charge in [0.25, 0.3) is 0 Å². The molecule has 0 heterocycles. The minimum absolute atomic E-state index is 0.318. The standard InChI is InChI=1S/C19H29N3O2/c1-19(2,3)24-17(23)15-9-7-8-14(12-15)13-21-18(20)22-16-10-5-4-6-11-16/h7-9,12,16H,4-6,10-11,13H2,1-3H3,(H3,20,21,22). The second-order valence-electron chi connectivity index (χ2n) is 7.38. The molecule has 0 aliphatic heterocycles. The molecule has 1 fully saturated rings. The molecule has 0 radical (unpaired) electrons. The minimum Gasteiger partial charge on any atom is -0.456 e. The zero-order valence-electron chi connectivity index (χ0n) is 15.0. The first kappa shape index (κ1) is 18.3. The number of carbonyl (C=O) groups is 1. The lowest BCUT2D eigenvalue weighted by molar-refractivity contribution is 0.00694. The van der Waals surface area contributed by atoms with E-state index in [0.717, 1.165) is 18.4 Å². The molecule has 0 unspecified atom stereocenters. The summed E-state index contributed by atoms with van der Waals surface area (Å²) in [5.41, 5.74) is 6.96. The Morgan fingerprint density at radius 1 is 1.29 bits per heavy atom. The van der Waals surface area contributed by atoms with Crippen molar-refractivity contribution in [3.05, 3.63) is 35.4 Å². The highest BCUT2D eigenvalue weighted by Gasteiger charge is 2.18. The lowest BCUT2D eigenvalue weighted by Crippen LogP contribution is -2.41. The summed E-state index contributed by atoms with van der Waals surface area (Å²) in [6.07, 6.45) is 6.13. The van der Waals surface area contributed by atoms with Gasteiger partial charge in [-0.3, -0.25) is 0 Å². The predicted octanol–water partition coefficient (Wildman–Crippen LogP) is 3.38. The number of nitrogens with zero attached hydrogens (tertiary/aromatic N) is 1. The Bertz CT molecular complexity index is 585. The fourth-order valence-electron chi connectivity index (χ4n) is 2.81. The highest BCUT2D eigenvalue weighted by atomic mass is 16.6. The molecule has 132 valence electrons. The molecule has 5 heteroatoms. The molecule has 0 saturated heterocycles. The van der Waals surface area contributed by atoms with Crippen molar-refractivity contribution in [2.75, 3.05) is 0 Å². The summed E-state index contributed by atoms with van der Waals surface area (Å²) < 4.78 is 5.39. The molecule has 24 heavy (non-hydrogen) atoms. The van der Waals surface area contributed by atoms with Crippen LogP contribution in [0, 0.1) is 0 Å². The van der Waals surface area contributed by atoms with Crippen molar-refractivity contribution in [3.63, 3.8) is 0 Å². The van der Waals surface area contributed by atoms with Crippen molar-refractivity contribution < 1.29 is 9.53 Å². The average molecular weight is 331 g/mol. The van der Waals surface area contributed by atoms with Crippen LogP contribution in [0.1, 0.15) is 68.8 Å². The summed E-state index contributed by atoms with van der Waals surface area (Å²) >= 11 is 0. The minimum atomic E-state index is -0.500. The fraction of sp³-hybridized carbons (Fsp3) is 0.579. The quantitative estimate of drug-likeness (QED) is 0.504. The molecule has 0 aromatic heterocycles. The number of esters is 1. The topological polar surface area (TPSA) is 76.7 Å². The summed E-state index contributed by atoms with van der Waals surface area (Å²) in [7, 11) is 0. The van der Waals surface area contributed by atoms with Gasteiger partial charge >= 0.3 is 5.97 Å². The van der Waals surface area contributed by atoms with Crippen LogP contribution in [-0.4, -0.2) is 23.6 Å². The van der Waals surface area contributed by atoms with E-state index in [-0.39, 0.29) is 5.97 Å². The number of benzene rings is 1. The Hall–Kier alpha value is -2.04. The van der Waals surface area contributed by atoms with Crippen LogP contribution in [0.4, 0.5) is 0 Å². The van der Waals surface area contributed by atoms with Gasteiger partial charge in [0.1, 0.15) is 5.60 Å². The maximum atomic E-state index is 12.1. The monoisotopic (exact) mass is 331 g/mol. The molecule has 0 atom stereocenters. The highest BCUT2D eigenvalue weighted by molar-refractivity contribution is 5.89. The van der Waals surface area contributed by atoms with Crippen LogP contribution in [0.3, 0.4) is 0 Å². The number of hydrogen-bond acceptors (Lipinski definition) is 3. The number of rotatable bonds is 4. The van der Waals surface area contributed by atoms with E-state index in [0.29, 0.717) is 24.1 Å². The third-order valence-corrected chi connectivity index (χ3v) is 3.95. The number of carbonyl (C=O) groups excluding carboxylic acids is 1. The average Bonchev–Trinajstić information content (AvgIpc) is 2.53. The Morgan fingerprint density at radius 3 is 2.67 bits per heavy atom. The number of nitrogens with one attached hydrogen (secondary N) is 1. The summed E-state index contributed by atoms with van der Waals surface area (Å²) in [6, 6.07) is 7.78. The van der Waals surface area contributed by atoms with Gasteiger partial charge in [-0.05, 0) is 51.3 Å². The lowest BCUT2D eigenvalue weighted by Gasteiger charge is -2.23. The van der Waals surface area contributed by atoms with E-state index in [1.54, 1.807) is 6.07 Å². The van der Waals surface area contributed by atoms with E-state index < -0.39 is 5.60 Å². The van der Waals surface area contributed by atoms with Crippen LogP contribution in [0.2, 0.25) is 0 Å². The maximum absolute atomic E-state index is 12.1. The number of nitrogens with two attached hydrogens (primary N) is 1. The van der Waals surface area contributed by atoms with Gasteiger partial charge < -0.3 is 15.8 Å². The molecular formula is C19H29N3O2. The summed E-state index contributed by atoms with van der Waals surface area (Å²) in [5.74, 6) is 0.159. The van der Waals surface area contributed by atoms with Gasteiger partial charge in [0.05, 0.1) is 12.1 Å². The van der Waals surface area contributed by atoms with Crippen LogP contribution in [0.5, 0.6) is 0 Å². The van der Waals surface area contributed by atoms with E-state index in [1.165, 1.54) is 19.3 Å². The highest BCUT2D eigenvalue weighted by Crippen LogP contribution is 2.17. The van der Waals surface area contributed by atoms with E-state index in [2.05, 4.69) is 10.3 Å². The molecule has 3 N–H and O–H groups in total. The maximum Gasteiger partial charge on any atom is 0.338 e. The van der Waals surface area contributed by atoms with Gasteiger partial charge in [-0.1, -0.05) is 31.4 Å². The van der Waals surface area contributed by atoms with Crippen molar-refractivity contribution >= 4 is 11.9 Å². The van der Waals surface area contributed by atoms with Crippen LogP contribution in [0.25, 0.3) is 0 Å². The Balaban J connectivity index is 1.93. The Morgan fingerprint density at radius 2 is 2.00 bits per heavy atom. The molecule has 1 aromatic rings. The van der Waals surface area contributed by atoms with Crippen molar-refractivity contribution in [1.29, 1.82) is 0 Å². The third-order valence-electron chi connectivity index (χ3n) is 3.95. The molecule has 0 bridgehead atoms. The van der Waals surface area contributed by atoms with E-state index >= 15 is 0 Å². The SMILES string of the molecule is CC(C)(C)OC(=O)c1cccc(CN=C(N)NC2CCCCC2)c1. The largest absolute Gasteiger partial charge is 0.456 e. The molecule has 0 spiro atoms. The van der Waals surface area contributed by atoms with Gasteiger partial charge in [0, 0.05) is 6.04 Å². The molecule has 1 aliphatic rings. The number of hydrogen-bond donors (Lipinski definition) is 2. The van der Waals surface area contributed by atoms with Gasteiger partial charge in [0.2, 0.25) is 0 Å². The molecule has 1 saturated carbocycles. The number of aliphatic imine (C=N–C) groups is 1. The van der Waals surface area contributed by atoms with Gasteiger partial charge in [-0.2, -0.15) is 0 Å².